The zero-order valence-electron chi connectivity index (χ0n) is 19.0. The van der Waals surface area contributed by atoms with E-state index in [0.717, 1.165) is 54.2 Å². The van der Waals surface area contributed by atoms with Crippen LogP contribution >= 0.6 is 0 Å². The molecule has 3 aromatic rings. The molecule has 2 amide bonds. The number of anilines is 2. The minimum absolute atomic E-state index is 0.414. The van der Waals surface area contributed by atoms with Crippen LogP contribution in [0.3, 0.4) is 0 Å². The van der Waals surface area contributed by atoms with Crippen LogP contribution in [0.4, 0.5) is 11.4 Å². The molecule has 0 unspecified atom stereocenters. The Bertz CT molecular complexity index is 1140. The van der Waals surface area contributed by atoms with E-state index in [-0.39, 0.29) is 0 Å². The first kappa shape index (κ1) is 22.5. The number of hydrogen-bond donors (Lipinski definition) is 2. The number of carbonyl (C=O) groups excluding carboxylic acids is 2. The summed E-state index contributed by atoms with van der Waals surface area (Å²) in [7, 11) is 1.69. The van der Waals surface area contributed by atoms with E-state index in [0.29, 0.717) is 18.8 Å². The van der Waals surface area contributed by atoms with Gasteiger partial charge in [0.25, 0.3) is 0 Å². The summed E-state index contributed by atoms with van der Waals surface area (Å²) in [5.74, 6) is -0.436. The summed E-state index contributed by atoms with van der Waals surface area (Å²) >= 11 is 0. The highest BCUT2D eigenvalue weighted by atomic mass is 16.5. The number of nitrogens with one attached hydrogen (secondary N) is 2. The van der Waals surface area contributed by atoms with Gasteiger partial charge in [-0.1, -0.05) is 30.3 Å². The van der Waals surface area contributed by atoms with Crippen molar-refractivity contribution in [1.29, 1.82) is 0 Å². The van der Waals surface area contributed by atoms with Crippen LogP contribution in [0.2, 0.25) is 0 Å². The zero-order valence-corrected chi connectivity index (χ0v) is 19.0. The van der Waals surface area contributed by atoms with Crippen molar-refractivity contribution in [2.24, 2.45) is 0 Å². The van der Waals surface area contributed by atoms with Crippen molar-refractivity contribution in [3.63, 3.8) is 0 Å². The highest BCUT2D eigenvalue weighted by Crippen LogP contribution is 2.28. The fourth-order valence-corrected chi connectivity index (χ4v) is 4.10. The molecule has 1 fully saturated rings. The number of para-hydroxylation sites is 3. The molecule has 1 aliphatic heterocycles. The number of nitrogens with zero attached hydrogens (tertiary/aromatic N) is 3. The maximum Gasteiger partial charge on any atom is 0.313 e. The number of carbonyl (C=O) groups is 2. The molecule has 1 aromatic heterocycles. The first-order valence-electron chi connectivity index (χ1n) is 11.1. The number of aromatic nitrogens is 1. The molecule has 2 heterocycles. The molecular weight excluding hydrogens is 418 g/mol. The Labute approximate surface area is 193 Å². The van der Waals surface area contributed by atoms with Gasteiger partial charge in [-0.15, -0.1) is 0 Å². The SMILES string of the molecule is COc1ccccc1N1CCN(CCNC(=O)C(=O)Nc2cc(C)nc3ccccc23)CC1. The molecule has 33 heavy (non-hydrogen) atoms. The maximum atomic E-state index is 12.4. The number of pyridine rings is 1. The quantitative estimate of drug-likeness (QED) is 0.565. The number of methoxy groups -OCH3 is 1. The molecule has 1 saturated heterocycles. The predicted octanol–water partition coefficient (Wildman–Crippen LogP) is 2.43. The fraction of sp³-hybridized carbons (Fsp3) is 0.320. The van der Waals surface area contributed by atoms with Crippen LogP contribution < -0.4 is 20.3 Å². The summed E-state index contributed by atoms with van der Waals surface area (Å²) in [5.41, 5.74) is 3.24. The van der Waals surface area contributed by atoms with E-state index < -0.39 is 11.8 Å². The van der Waals surface area contributed by atoms with Gasteiger partial charge in [-0.25, -0.2) is 0 Å². The van der Waals surface area contributed by atoms with Crippen LogP contribution in [0, 0.1) is 6.92 Å². The van der Waals surface area contributed by atoms with E-state index >= 15 is 0 Å². The molecular formula is C25H29N5O3. The second-order valence-electron chi connectivity index (χ2n) is 8.04. The highest BCUT2D eigenvalue weighted by molar-refractivity contribution is 6.40. The largest absolute Gasteiger partial charge is 0.495 e. The molecule has 2 aromatic carbocycles. The Balaban J connectivity index is 1.24. The molecule has 4 rings (SSSR count). The van der Waals surface area contributed by atoms with E-state index in [1.165, 1.54) is 0 Å². The average Bonchev–Trinajstić information content (AvgIpc) is 2.84. The molecule has 0 bridgehead atoms. The molecule has 1 aliphatic rings. The summed E-state index contributed by atoms with van der Waals surface area (Å²) in [4.78, 5) is 33.8. The molecule has 2 N–H and O–H groups in total. The van der Waals surface area contributed by atoms with Crippen LogP contribution in [-0.4, -0.2) is 68.1 Å². The van der Waals surface area contributed by atoms with Gasteiger partial charge in [0, 0.05) is 50.3 Å². The van der Waals surface area contributed by atoms with Gasteiger partial charge in [-0.2, -0.15) is 0 Å². The number of ether oxygens (including phenoxy) is 1. The zero-order chi connectivity index (χ0) is 23.2. The lowest BCUT2D eigenvalue weighted by Gasteiger charge is -2.36. The number of fused-ring (bicyclic) bond motifs is 1. The Morgan fingerprint density at radius 1 is 1.00 bits per heavy atom. The lowest BCUT2D eigenvalue weighted by molar-refractivity contribution is -0.136. The van der Waals surface area contributed by atoms with Gasteiger partial charge in [0.1, 0.15) is 5.75 Å². The van der Waals surface area contributed by atoms with Gasteiger partial charge >= 0.3 is 11.8 Å². The average molecular weight is 448 g/mol. The van der Waals surface area contributed by atoms with Crippen molar-refractivity contribution in [2.75, 3.05) is 56.6 Å². The van der Waals surface area contributed by atoms with Crippen LogP contribution in [0.25, 0.3) is 10.9 Å². The Kier molecular flexibility index (Phi) is 7.04. The molecule has 0 atom stereocenters. The highest BCUT2D eigenvalue weighted by Gasteiger charge is 2.20. The normalized spacial score (nSPS) is 14.2. The van der Waals surface area contributed by atoms with E-state index in [2.05, 4.69) is 31.5 Å². The minimum Gasteiger partial charge on any atom is -0.495 e. The second kappa shape index (κ2) is 10.3. The Morgan fingerprint density at radius 3 is 2.52 bits per heavy atom. The van der Waals surface area contributed by atoms with Crippen molar-refractivity contribution in [2.45, 2.75) is 6.92 Å². The van der Waals surface area contributed by atoms with Crippen molar-refractivity contribution < 1.29 is 14.3 Å². The third-order valence-corrected chi connectivity index (χ3v) is 5.81. The number of amides is 2. The standard InChI is InChI=1S/C25H29N5O3/c1-18-17-21(19-7-3-4-8-20(19)27-18)28-25(32)24(31)26-11-12-29-13-15-30(16-14-29)22-9-5-6-10-23(22)33-2/h3-10,17H,11-16H2,1-2H3,(H,26,31)(H,27,28,32). The van der Waals surface area contributed by atoms with Crippen LogP contribution in [0.5, 0.6) is 5.75 Å². The summed E-state index contributed by atoms with van der Waals surface area (Å²) < 4.78 is 5.47. The van der Waals surface area contributed by atoms with E-state index in [1.807, 2.05) is 49.4 Å². The van der Waals surface area contributed by atoms with Gasteiger partial charge in [-0.3, -0.25) is 19.5 Å². The van der Waals surface area contributed by atoms with Crippen LogP contribution in [0.1, 0.15) is 5.69 Å². The molecule has 0 radical (unpaired) electrons. The molecule has 8 nitrogen and oxygen atoms in total. The summed E-state index contributed by atoms with van der Waals surface area (Å²) in [5, 5.41) is 6.26. The third kappa shape index (κ3) is 5.40. The molecule has 172 valence electrons. The van der Waals surface area contributed by atoms with Crippen molar-refractivity contribution >= 4 is 34.1 Å². The molecule has 0 aliphatic carbocycles. The molecule has 0 saturated carbocycles. The Morgan fingerprint density at radius 2 is 1.73 bits per heavy atom. The third-order valence-electron chi connectivity index (χ3n) is 5.81. The van der Waals surface area contributed by atoms with Gasteiger partial charge in [0.2, 0.25) is 0 Å². The summed E-state index contributed by atoms with van der Waals surface area (Å²) in [6.07, 6.45) is 0. The van der Waals surface area contributed by atoms with E-state index in [1.54, 1.807) is 13.2 Å². The van der Waals surface area contributed by atoms with Gasteiger partial charge in [0.15, 0.2) is 0 Å². The van der Waals surface area contributed by atoms with Crippen molar-refractivity contribution in [3.05, 3.63) is 60.3 Å². The van der Waals surface area contributed by atoms with Crippen molar-refractivity contribution in [1.82, 2.24) is 15.2 Å². The number of hydrogen-bond acceptors (Lipinski definition) is 6. The topological polar surface area (TPSA) is 86.8 Å². The predicted molar refractivity (Wildman–Crippen MR) is 130 cm³/mol. The molecule has 0 spiro atoms. The summed E-state index contributed by atoms with van der Waals surface area (Å²) in [6.45, 7) is 6.47. The monoisotopic (exact) mass is 447 g/mol. The second-order valence-corrected chi connectivity index (χ2v) is 8.04. The van der Waals surface area contributed by atoms with Crippen LogP contribution in [-0.2, 0) is 9.59 Å². The number of rotatable bonds is 6. The van der Waals surface area contributed by atoms with Gasteiger partial charge in [0.05, 0.1) is 24.0 Å². The van der Waals surface area contributed by atoms with Gasteiger partial charge < -0.3 is 20.3 Å². The fourth-order valence-electron chi connectivity index (χ4n) is 4.10. The smallest absolute Gasteiger partial charge is 0.313 e. The van der Waals surface area contributed by atoms with E-state index in [4.69, 9.17) is 4.74 Å². The van der Waals surface area contributed by atoms with Crippen LogP contribution in [0.15, 0.2) is 54.6 Å². The maximum absolute atomic E-state index is 12.4. The summed E-state index contributed by atoms with van der Waals surface area (Å²) in [6, 6.07) is 17.3. The lowest BCUT2D eigenvalue weighted by atomic mass is 10.1. The van der Waals surface area contributed by atoms with Crippen molar-refractivity contribution in [3.8, 4) is 5.75 Å². The number of piperazine rings is 1. The lowest BCUT2D eigenvalue weighted by Crippen LogP contribution is -2.49. The van der Waals surface area contributed by atoms with Gasteiger partial charge in [-0.05, 0) is 31.2 Å². The number of benzene rings is 2. The molecule has 8 heteroatoms. The minimum atomic E-state index is -0.674. The first-order chi connectivity index (χ1) is 16.0. The van der Waals surface area contributed by atoms with E-state index in [9.17, 15) is 9.59 Å². The number of aryl methyl sites for hydroxylation is 1. The first-order valence-corrected chi connectivity index (χ1v) is 11.1. The Hall–Kier alpha value is -3.65.